The molecule has 67 heavy (non-hydrogen) atoms. The Morgan fingerprint density at radius 3 is 0.970 bits per heavy atom. The van der Waals surface area contributed by atoms with Crippen LogP contribution in [0, 0.1) is 0 Å². The van der Waals surface area contributed by atoms with E-state index < -0.39 is 5.97 Å². The molecule has 0 fully saturated rings. The fourth-order valence-corrected chi connectivity index (χ4v) is 9.22. The van der Waals surface area contributed by atoms with Crippen LogP contribution in [0.5, 0.6) is 0 Å². The van der Waals surface area contributed by atoms with Crippen molar-refractivity contribution >= 4 is 52.3 Å². The Morgan fingerprint density at radius 1 is 0.388 bits per heavy atom. The second kappa shape index (κ2) is 16.4. The highest BCUT2D eigenvalue weighted by atomic mass is 16.4. The first kappa shape index (κ1) is 45.1. The highest BCUT2D eigenvalue weighted by Gasteiger charge is 2.25. The molecule has 0 unspecified atom stereocenters. The molecule has 2 aliphatic rings. The van der Waals surface area contributed by atoms with Gasteiger partial charge in [0.25, 0.3) is 0 Å². The lowest BCUT2D eigenvalue weighted by Crippen LogP contribution is -2.10. The second-order valence-corrected chi connectivity index (χ2v) is 22.3. The SMILES string of the molecule is CC(C)(C)c1ccc(-c2c3nc(c(-c4ccc(C(C)(C)C)cc4)c4cc(C(=O)O)c([nH]4)c(-c4ccc(C(C)(C)C)cc4)c4nc(c(-c5ccc(C(C)(C)C)cc5)c5ccc2[nH]5)C=C4)C=C3)cc1. The first-order chi connectivity index (χ1) is 31.5. The van der Waals surface area contributed by atoms with E-state index in [2.05, 4.69) is 220 Å². The number of carboxylic acids is 1. The molecular formula is C61H62N4O2. The molecule has 9 rings (SSSR count). The van der Waals surface area contributed by atoms with E-state index in [0.717, 1.165) is 67.1 Å². The normalized spacial score (nSPS) is 13.1. The maximum Gasteiger partial charge on any atom is 0.337 e. The molecule has 6 heteroatoms. The van der Waals surface area contributed by atoms with E-state index in [9.17, 15) is 9.90 Å². The Morgan fingerprint density at radius 2 is 0.672 bits per heavy atom. The predicted molar refractivity (Wildman–Crippen MR) is 282 cm³/mol. The van der Waals surface area contributed by atoms with Gasteiger partial charge >= 0.3 is 5.97 Å². The van der Waals surface area contributed by atoms with Gasteiger partial charge in [-0.05, 0) is 109 Å². The van der Waals surface area contributed by atoms with Crippen LogP contribution in [0.15, 0.2) is 115 Å². The number of hydrogen-bond acceptors (Lipinski definition) is 3. The van der Waals surface area contributed by atoms with Crippen LogP contribution in [0.3, 0.4) is 0 Å². The Balaban J connectivity index is 1.47. The molecule has 8 bridgehead atoms. The Bertz CT molecular complexity index is 3290. The molecule has 0 amide bonds. The van der Waals surface area contributed by atoms with Crippen LogP contribution in [0.4, 0.5) is 0 Å². The zero-order valence-corrected chi connectivity index (χ0v) is 41.0. The first-order valence-corrected chi connectivity index (χ1v) is 23.4. The van der Waals surface area contributed by atoms with Gasteiger partial charge in [0.05, 0.1) is 33.9 Å². The van der Waals surface area contributed by atoms with Crippen molar-refractivity contribution in [2.75, 3.05) is 0 Å². The second-order valence-electron chi connectivity index (χ2n) is 22.3. The van der Waals surface area contributed by atoms with Crippen molar-refractivity contribution in [1.29, 1.82) is 0 Å². The van der Waals surface area contributed by atoms with Crippen molar-refractivity contribution in [3.05, 3.63) is 166 Å². The van der Waals surface area contributed by atoms with Crippen molar-refractivity contribution < 1.29 is 9.90 Å². The number of aromatic nitrogens is 4. The third-order valence-corrected chi connectivity index (χ3v) is 13.3. The third-order valence-electron chi connectivity index (χ3n) is 13.3. The fourth-order valence-electron chi connectivity index (χ4n) is 9.22. The molecular weight excluding hydrogens is 821 g/mol. The van der Waals surface area contributed by atoms with E-state index in [1.54, 1.807) is 6.07 Å². The van der Waals surface area contributed by atoms with Gasteiger partial charge in [0, 0.05) is 38.8 Å². The lowest BCUT2D eigenvalue weighted by atomic mass is 9.86. The number of nitrogens with one attached hydrogen (secondary N) is 2. The van der Waals surface area contributed by atoms with Crippen molar-refractivity contribution in [3.63, 3.8) is 0 Å². The number of benzene rings is 4. The highest BCUT2D eigenvalue weighted by molar-refractivity contribution is 6.07. The quantitative estimate of drug-likeness (QED) is 0.160. The minimum absolute atomic E-state index is 0.0178. The lowest BCUT2D eigenvalue weighted by Gasteiger charge is -2.19. The molecule has 0 saturated heterocycles. The van der Waals surface area contributed by atoms with E-state index in [1.807, 2.05) is 6.08 Å². The van der Waals surface area contributed by atoms with Crippen LogP contribution < -0.4 is 0 Å². The summed E-state index contributed by atoms with van der Waals surface area (Å²) in [5, 5.41) is 11.1. The van der Waals surface area contributed by atoms with Crippen LogP contribution in [0.25, 0.3) is 90.9 Å². The summed E-state index contributed by atoms with van der Waals surface area (Å²) < 4.78 is 0. The van der Waals surface area contributed by atoms with E-state index >= 15 is 0 Å². The van der Waals surface area contributed by atoms with Crippen molar-refractivity contribution in [2.24, 2.45) is 0 Å². The zero-order valence-electron chi connectivity index (χ0n) is 41.0. The number of carbonyl (C=O) groups is 1. The highest BCUT2D eigenvalue weighted by Crippen LogP contribution is 2.41. The summed E-state index contributed by atoms with van der Waals surface area (Å²) in [5.74, 6) is -1.04. The topological polar surface area (TPSA) is 94.7 Å². The maximum absolute atomic E-state index is 13.6. The van der Waals surface area contributed by atoms with Crippen LogP contribution in [-0.2, 0) is 21.7 Å². The minimum atomic E-state index is -1.04. The third kappa shape index (κ3) is 8.73. The van der Waals surface area contributed by atoms with Crippen LogP contribution in [-0.4, -0.2) is 31.0 Å². The zero-order chi connectivity index (χ0) is 47.8. The van der Waals surface area contributed by atoms with Gasteiger partial charge in [0.2, 0.25) is 0 Å². The molecule has 0 spiro atoms. The van der Waals surface area contributed by atoms with Gasteiger partial charge in [-0.2, -0.15) is 0 Å². The fraction of sp³-hybridized carbons (Fsp3) is 0.262. The van der Waals surface area contributed by atoms with E-state index in [4.69, 9.17) is 9.97 Å². The first-order valence-electron chi connectivity index (χ1n) is 23.4. The standard InChI is InChI=1S/C61H62N4O2/c1-58(2,3)40-21-13-36(14-22-40)52-45-29-30-46(62-45)53(37-15-23-41(24-16-37)59(4,5)6)48-33-34-50(64-48)55(39-19-27-43(28-20-39)61(10,11)12)56-44(57(66)67)35-51(65-56)54(49-32-31-47(52)63-49)38-17-25-42(26-18-38)60(7,8)9/h13-35,62,65H,1-12H3,(H,66,67). The number of carboxylic acid groups (broad SMARTS) is 1. The van der Waals surface area contributed by atoms with Crippen molar-refractivity contribution in [1.82, 2.24) is 19.9 Å². The molecule has 0 radical (unpaired) electrons. The van der Waals surface area contributed by atoms with Gasteiger partial charge in [0.15, 0.2) is 0 Å². The number of aromatic amines is 2. The van der Waals surface area contributed by atoms with Crippen LogP contribution in [0.2, 0.25) is 0 Å². The van der Waals surface area contributed by atoms with Gasteiger partial charge in [-0.15, -0.1) is 0 Å². The molecule has 3 N–H and O–H groups in total. The van der Waals surface area contributed by atoms with Gasteiger partial charge in [0.1, 0.15) is 0 Å². The van der Waals surface area contributed by atoms with Crippen molar-refractivity contribution in [2.45, 2.75) is 105 Å². The Hall–Kier alpha value is -7.05. The summed E-state index contributed by atoms with van der Waals surface area (Å²) in [6.45, 7) is 26.6. The average molecular weight is 883 g/mol. The number of rotatable bonds is 5. The summed E-state index contributed by atoms with van der Waals surface area (Å²) in [4.78, 5) is 32.1. The summed E-state index contributed by atoms with van der Waals surface area (Å²) in [6, 6.07) is 40.7. The lowest BCUT2D eigenvalue weighted by molar-refractivity contribution is 0.0699. The summed E-state index contributed by atoms with van der Waals surface area (Å²) >= 11 is 0. The molecule has 0 atom stereocenters. The van der Waals surface area contributed by atoms with Gasteiger partial charge < -0.3 is 15.1 Å². The Labute approximate surface area is 395 Å². The molecule has 5 heterocycles. The molecule has 4 aromatic carbocycles. The van der Waals surface area contributed by atoms with Crippen LogP contribution >= 0.6 is 0 Å². The van der Waals surface area contributed by atoms with Gasteiger partial charge in [-0.25, -0.2) is 14.8 Å². The number of aromatic carboxylic acids is 1. The summed E-state index contributed by atoms with van der Waals surface area (Å²) in [5.41, 5.74) is 17.9. The van der Waals surface area contributed by atoms with E-state index in [-0.39, 0.29) is 27.2 Å². The average Bonchev–Trinajstić information content (AvgIpc) is 4.11. The largest absolute Gasteiger partial charge is 0.478 e. The van der Waals surface area contributed by atoms with Crippen molar-refractivity contribution in [3.8, 4) is 44.5 Å². The van der Waals surface area contributed by atoms with E-state index in [0.29, 0.717) is 22.3 Å². The molecule has 3 aromatic heterocycles. The van der Waals surface area contributed by atoms with E-state index in [1.165, 1.54) is 22.3 Å². The summed E-state index contributed by atoms with van der Waals surface area (Å²) in [6.07, 6.45) is 8.23. The van der Waals surface area contributed by atoms with Gasteiger partial charge in [-0.3, -0.25) is 0 Å². The maximum atomic E-state index is 13.6. The van der Waals surface area contributed by atoms with Crippen LogP contribution in [0.1, 0.15) is 138 Å². The predicted octanol–water partition coefficient (Wildman–Crippen LogP) is 16.2. The smallest absolute Gasteiger partial charge is 0.337 e. The molecule has 338 valence electrons. The number of nitrogens with zero attached hydrogens (tertiary/aromatic N) is 2. The monoisotopic (exact) mass is 882 g/mol. The minimum Gasteiger partial charge on any atom is -0.478 e. The molecule has 2 aliphatic heterocycles. The molecule has 7 aromatic rings. The molecule has 6 nitrogen and oxygen atoms in total. The molecule has 0 aliphatic carbocycles. The number of fused-ring (bicyclic) bond motifs is 8. The number of H-pyrrole nitrogens is 2. The number of hydrogen-bond donors (Lipinski definition) is 3. The van der Waals surface area contributed by atoms with Gasteiger partial charge in [-0.1, -0.05) is 180 Å². The molecule has 0 saturated carbocycles. The Kier molecular flexibility index (Phi) is 11.0. The summed E-state index contributed by atoms with van der Waals surface area (Å²) in [7, 11) is 0.